The fraction of sp³-hybridized carbons (Fsp3) is 0. The summed E-state index contributed by atoms with van der Waals surface area (Å²) < 4.78 is 0. The van der Waals surface area contributed by atoms with Gasteiger partial charge in [0.1, 0.15) is 0 Å². The Bertz CT molecular complexity index is 23.0. The zero-order chi connectivity index (χ0) is 4.50. The van der Waals surface area contributed by atoms with Gasteiger partial charge < -0.3 is 0 Å². The van der Waals surface area contributed by atoms with Gasteiger partial charge >= 0.3 is 5.31 Å². The van der Waals surface area contributed by atoms with Crippen molar-refractivity contribution in [3.63, 3.8) is 0 Å². The van der Waals surface area contributed by atoms with E-state index in [0.29, 0.717) is 0 Å². The van der Waals surface area contributed by atoms with E-state index in [1.807, 2.05) is 0 Å². The van der Waals surface area contributed by atoms with E-state index in [1.54, 1.807) is 0 Å². The van der Waals surface area contributed by atoms with Crippen LogP contribution in [0.5, 0.6) is 0 Å². The smallest absolute Gasteiger partial charge is 0.110 e. The van der Waals surface area contributed by atoms with Gasteiger partial charge in [-0.3, -0.25) is 0 Å². The summed E-state index contributed by atoms with van der Waals surface area (Å²) in [6.07, 6.45) is 0. The van der Waals surface area contributed by atoms with Crippen LogP contribution in [0.2, 0.25) is 0 Å². The third-order valence-electron chi connectivity index (χ3n) is 0. The van der Waals surface area contributed by atoms with Gasteiger partial charge in [0.15, 0.2) is 0 Å². The van der Waals surface area contributed by atoms with Crippen LogP contribution in [0, 0.1) is 0 Å². The van der Waals surface area contributed by atoms with Crippen LogP contribution in [-0.4, -0.2) is 34.9 Å². The van der Waals surface area contributed by atoms with Gasteiger partial charge in [-0.2, -0.15) is 0 Å². The molecule has 0 aromatic heterocycles. The summed E-state index contributed by atoms with van der Waals surface area (Å²) in [7, 11) is 0. The average molecular weight is 193 g/mol. The van der Waals surface area contributed by atoms with Crippen LogP contribution < -0.4 is 0 Å². The molecule has 0 heterocycles. The second-order valence-corrected chi connectivity index (χ2v) is 11.6. The van der Waals surface area contributed by atoms with Crippen LogP contribution in [0.4, 0.5) is 0 Å². The van der Waals surface area contributed by atoms with Crippen molar-refractivity contribution < 1.29 is 0 Å². The molecule has 0 aliphatic rings. The largest absolute Gasteiger partial charge is 0.440 e. The zero-order valence-corrected chi connectivity index (χ0v) is 9.04. The van der Waals surface area contributed by atoms with Gasteiger partial charge in [-0.25, -0.2) is 0 Å². The predicted octanol–water partition coefficient (Wildman–Crippen LogP) is 2.00. The predicted molar refractivity (Wildman–Crippen MR) is 34.9 cm³/mol. The number of rotatable bonds is 0. The van der Waals surface area contributed by atoms with Gasteiger partial charge in [0, 0.05) is 29.6 Å². The van der Waals surface area contributed by atoms with Crippen molar-refractivity contribution >= 4 is 79.2 Å². The van der Waals surface area contributed by atoms with Crippen molar-refractivity contribution in [2.45, 2.75) is 0 Å². The summed E-state index contributed by atoms with van der Waals surface area (Å²) in [4.78, 5) is 0. The zero-order valence-electron chi connectivity index (χ0n) is 3.01. The van der Waals surface area contributed by atoms with Crippen molar-refractivity contribution in [3.8, 4) is 0 Å². The van der Waals surface area contributed by atoms with Gasteiger partial charge in [-0.1, -0.05) is 0 Å². The van der Waals surface area contributed by atoms with E-state index >= 15 is 0 Å². The van der Waals surface area contributed by atoms with E-state index in [4.69, 9.17) is 44.3 Å². The summed E-state index contributed by atoms with van der Waals surface area (Å²) in [6.45, 7) is 0. The van der Waals surface area contributed by atoms with Crippen LogP contribution in [0.1, 0.15) is 0 Å². The van der Waals surface area contributed by atoms with E-state index < -0.39 is 5.31 Å². The summed E-state index contributed by atoms with van der Waals surface area (Å²) in [6, 6.07) is 0. The molecule has 0 amide bonds. The molecular weight excluding hydrogens is 193 g/mol. The van der Waals surface area contributed by atoms with Crippen molar-refractivity contribution in [2.24, 2.45) is 0 Å². The Morgan fingerprint density at radius 1 is 0.833 bits per heavy atom. The Labute approximate surface area is 78.2 Å². The molecule has 0 nitrogen and oxygen atoms in total. The molecule has 0 aliphatic carbocycles. The van der Waals surface area contributed by atoms with Crippen molar-refractivity contribution in [2.75, 3.05) is 0 Å². The summed E-state index contributed by atoms with van der Waals surface area (Å²) in [5.41, 5.74) is 0. The molecule has 0 aromatic rings. The maximum absolute atomic E-state index is 4.97. The summed E-state index contributed by atoms with van der Waals surface area (Å²) in [5.74, 6) is 0. The van der Waals surface area contributed by atoms with Crippen molar-refractivity contribution in [1.82, 2.24) is 0 Å². The molecule has 0 spiro atoms. The van der Waals surface area contributed by atoms with E-state index in [2.05, 4.69) is 0 Å². The van der Waals surface area contributed by atoms with Crippen LogP contribution in [0.3, 0.4) is 0 Å². The first-order valence-electron chi connectivity index (χ1n) is 0.756. The maximum atomic E-state index is 4.97. The van der Waals surface area contributed by atoms with E-state index in [-0.39, 0.29) is 29.6 Å². The first-order valence-corrected chi connectivity index (χ1v) is 6.80. The van der Waals surface area contributed by atoms with Crippen LogP contribution in [-0.2, 0) is 0 Å². The molecular formula is Cl4NaSi. The quantitative estimate of drug-likeness (QED) is 0.407. The Morgan fingerprint density at radius 2 is 0.833 bits per heavy atom. The molecule has 0 atom stereocenters. The van der Waals surface area contributed by atoms with E-state index in [0.717, 1.165) is 0 Å². The van der Waals surface area contributed by atoms with Gasteiger partial charge in [0.05, 0.1) is 0 Å². The van der Waals surface area contributed by atoms with Gasteiger partial charge in [0.2, 0.25) is 0 Å². The van der Waals surface area contributed by atoms with Crippen molar-refractivity contribution in [3.05, 3.63) is 0 Å². The molecule has 0 unspecified atom stereocenters. The number of hydrogen-bond acceptors (Lipinski definition) is 0. The second-order valence-electron chi connectivity index (χ2n) is 0.429. The minimum absolute atomic E-state index is 0. The first-order chi connectivity index (χ1) is 2.00. The minimum Gasteiger partial charge on any atom is -0.110 e. The SMILES string of the molecule is Cl[Si](Cl)(Cl)Cl.[Na]. The fourth-order valence-electron chi connectivity index (χ4n) is 0. The second kappa shape index (κ2) is 4.27. The minimum atomic E-state index is -2.72. The molecule has 0 fully saturated rings. The summed E-state index contributed by atoms with van der Waals surface area (Å²) in [5, 5.41) is -2.72. The molecule has 33 valence electrons. The molecule has 0 saturated carbocycles. The monoisotopic (exact) mass is 191 g/mol. The van der Waals surface area contributed by atoms with Crippen molar-refractivity contribution in [1.29, 1.82) is 0 Å². The molecule has 0 saturated heterocycles. The maximum Gasteiger partial charge on any atom is 0.440 e. The topological polar surface area (TPSA) is 0 Å². The van der Waals surface area contributed by atoms with E-state index in [9.17, 15) is 0 Å². The van der Waals surface area contributed by atoms with Crippen LogP contribution in [0.15, 0.2) is 0 Å². The molecule has 0 aromatic carbocycles. The standard InChI is InChI=1S/Cl4Si.Na/c1-5(2,3)4;. The first kappa shape index (κ1) is 11.2. The Balaban J connectivity index is 0. The van der Waals surface area contributed by atoms with Crippen LogP contribution in [0.25, 0.3) is 0 Å². The van der Waals surface area contributed by atoms with Gasteiger partial charge in [-0.05, 0) is 0 Å². The molecule has 0 bridgehead atoms. The van der Waals surface area contributed by atoms with E-state index in [1.165, 1.54) is 0 Å². The molecule has 0 aliphatic heterocycles. The number of halogens is 4. The molecule has 1 radical (unpaired) electrons. The Kier molecular flexibility index (Phi) is 7.99. The van der Waals surface area contributed by atoms with Gasteiger partial charge in [-0.15, -0.1) is 44.3 Å². The molecule has 0 rings (SSSR count). The van der Waals surface area contributed by atoms with Crippen LogP contribution >= 0.6 is 44.3 Å². The van der Waals surface area contributed by atoms with Gasteiger partial charge in [0.25, 0.3) is 0 Å². The Hall–Kier alpha value is 2.38. The summed E-state index contributed by atoms with van der Waals surface area (Å²) >= 11 is 19.9. The third kappa shape index (κ3) is 32.6. The molecule has 6 heavy (non-hydrogen) atoms. The third-order valence-corrected chi connectivity index (χ3v) is 0. The molecule has 0 N–H and O–H groups in total. The fourth-order valence-corrected chi connectivity index (χ4v) is 0. The normalized spacial score (nSPS) is 10.0. The molecule has 6 heteroatoms. The average Bonchev–Trinajstić information content (AvgIpc) is 0.722. The Morgan fingerprint density at radius 3 is 0.833 bits per heavy atom. The number of hydrogen-bond donors (Lipinski definition) is 0.